The predicted octanol–water partition coefficient (Wildman–Crippen LogP) is 2.30. The zero-order valence-corrected chi connectivity index (χ0v) is 15.8. The first-order valence-electron chi connectivity index (χ1n) is 9.08. The molecule has 0 unspecified atom stereocenters. The van der Waals surface area contributed by atoms with E-state index in [0.29, 0.717) is 25.1 Å². The van der Waals surface area contributed by atoms with E-state index in [1.54, 1.807) is 16.5 Å². The van der Waals surface area contributed by atoms with E-state index in [2.05, 4.69) is 10.3 Å². The van der Waals surface area contributed by atoms with E-state index >= 15 is 0 Å². The molecule has 0 aliphatic carbocycles. The van der Waals surface area contributed by atoms with Crippen LogP contribution in [0, 0.1) is 12.8 Å². The Morgan fingerprint density at radius 3 is 2.59 bits per heavy atom. The first-order chi connectivity index (χ1) is 12.9. The average molecular weight is 372 g/mol. The molecule has 1 saturated heterocycles. The number of ether oxygens (including phenoxy) is 1. The van der Waals surface area contributed by atoms with Crippen molar-refractivity contribution in [2.75, 3.05) is 13.1 Å². The highest BCUT2D eigenvalue weighted by Crippen LogP contribution is 2.21. The molecule has 2 heterocycles. The summed E-state index contributed by atoms with van der Waals surface area (Å²) < 4.78 is 7.24. The number of aromatic nitrogens is 3. The molecule has 8 heteroatoms. The molecule has 1 aliphatic heterocycles. The van der Waals surface area contributed by atoms with Gasteiger partial charge in [0.15, 0.2) is 5.69 Å². The Morgan fingerprint density at radius 1 is 1.26 bits per heavy atom. The Labute approximate surface area is 157 Å². The molecule has 27 heavy (non-hydrogen) atoms. The lowest BCUT2D eigenvalue weighted by molar-refractivity contribution is -0.143. The number of carbonyl (C=O) groups excluding carboxylic acids is 1. The number of carbonyl (C=O) groups is 2. The van der Waals surface area contributed by atoms with Crippen LogP contribution in [0.4, 0.5) is 0 Å². The summed E-state index contributed by atoms with van der Waals surface area (Å²) in [6, 6.07) is 7.41. The second kappa shape index (κ2) is 7.77. The fraction of sp³-hybridized carbons (Fsp3) is 0.474. The maximum absolute atomic E-state index is 12.8. The zero-order valence-electron chi connectivity index (χ0n) is 15.8. The standard InChI is InChI=1S/C19H24N4O4/c1-12(2)27-16-8-6-15(7-9-16)23-13(3)17(20-21-23)18(24)22-10-4-5-14(11-22)19(25)26/h6-9,12,14H,4-5,10-11H2,1-3H3,(H,25,26)/t14-/m0/s1. The lowest BCUT2D eigenvalue weighted by atomic mass is 9.98. The van der Waals surface area contributed by atoms with E-state index < -0.39 is 11.9 Å². The van der Waals surface area contributed by atoms with Gasteiger partial charge in [0.2, 0.25) is 0 Å². The summed E-state index contributed by atoms with van der Waals surface area (Å²) in [4.78, 5) is 25.6. The fourth-order valence-electron chi connectivity index (χ4n) is 3.22. The van der Waals surface area contributed by atoms with Crippen molar-refractivity contribution < 1.29 is 19.4 Å². The van der Waals surface area contributed by atoms with Crippen molar-refractivity contribution in [3.63, 3.8) is 0 Å². The van der Waals surface area contributed by atoms with Crippen LogP contribution in [-0.4, -0.2) is 56.1 Å². The summed E-state index contributed by atoms with van der Waals surface area (Å²) in [5, 5.41) is 17.4. The van der Waals surface area contributed by atoms with Gasteiger partial charge in [0.05, 0.1) is 23.4 Å². The third-order valence-corrected chi connectivity index (χ3v) is 4.61. The van der Waals surface area contributed by atoms with E-state index in [-0.39, 0.29) is 24.2 Å². The highest BCUT2D eigenvalue weighted by Gasteiger charge is 2.31. The van der Waals surface area contributed by atoms with Crippen molar-refractivity contribution in [1.82, 2.24) is 19.9 Å². The quantitative estimate of drug-likeness (QED) is 0.865. The number of piperidine rings is 1. The van der Waals surface area contributed by atoms with E-state index in [4.69, 9.17) is 4.74 Å². The van der Waals surface area contributed by atoms with Gasteiger partial charge in [-0.05, 0) is 57.9 Å². The molecule has 8 nitrogen and oxygen atoms in total. The van der Waals surface area contributed by atoms with Crippen LogP contribution < -0.4 is 4.74 Å². The number of hydrogen-bond acceptors (Lipinski definition) is 5. The first kappa shape index (κ1) is 18.9. The van der Waals surface area contributed by atoms with Crippen LogP contribution in [0.2, 0.25) is 0 Å². The molecule has 1 N–H and O–H groups in total. The van der Waals surface area contributed by atoms with Crippen LogP contribution in [0.1, 0.15) is 42.9 Å². The van der Waals surface area contributed by atoms with Crippen molar-refractivity contribution in [3.8, 4) is 11.4 Å². The second-order valence-corrected chi connectivity index (χ2v) is 7.02. The van der Waals surface area contributed by atoms with Gasteiger partial charge >= 0.3 is 5.97 Å². The minimum atomic E-state index is -0.864. The van der Waals surface area contributed by atoms with Crippen molar-refractivity contribution in [3.05, 3.63) is 35.7 Å². The molecule has 0 saturated carbocycles. The van der Waals surface area contributed by atoms with Crippen LogP contribution in [-0.2, 0) is 4.79 Å². The number of rotatable bonds is 5. The Hall–Kier alpha value is -2.90. The van der Waals surface area contributed by atoms with Crippen molar-refractivity contribution in [1.29, 1.82) is 0 Å². The Kier molecular flexibility index (Phi) is 5.43. The predicted molar refractivity (Wildman–Crippen MR) is 98.1 cm³/mol. The molecular formula is C19H24N4O4. The van der Waals surface area contributed by atoms with Crippen LogP contribution in [0.5, 0.6) is 5.75 Å². The first-order valence-corrected chi connectivity index (χ1v) is 9.08. The average Bonchev–Trinajstić information content (AvgIpc) is 3.03. The molecule has 1 amide bonds. The van der Waals surface area contributed by atoms with E-state index in [1.807, 2.05) is 38.1 Å². The summed E-state index contributed by atoms with van der Waals surface area (Å²) in [6.07, 6.45) is 1.36. The maximum Gasteiger partial charge on any atom is 0.308 e. The fourth-order valence-corrected chi connectivity index (χ4v) is 3.22. The van der Waals surface area contributed by atoms with Crippen molar-refractivity contribution >= 4 is 11.9 Å². The van der Waals surface area contributed by atoms with Gasteiger partial charge < -0.3 is 14.7 Å². The van der Waals surface area contributed by atoms with Crippen LogP contribution >= 0.6 is 0 Å². The number of benzene rings is 1. The molecule has 1 aliphatic rings. The maximum atomic E-state index is 12.8. The molecule has 1 atom stereocenters. The van der Waals surface area contributed by atoms with Gasteiger partial charge in [0, 0.05) is 13.1 Å². The summed E-state index contributed by atoms with van der Waals surface area (Å²) in [5.41, 5.74) is 1.65. The van der Waals surface area contributed by atoms with E-state index in [0.717, 1.165) is 11.4 Å². The van der Waals surface area contributed by atoms with Crippen molar-refractivity contribution in [2.24, 2.45) is 5.92 Å². The van der Waals surface area contributed by atoms with Gasteiger partial charge in [0.25, 0.3) is 5.91 Å². The lowest BCUT2D eigenvalue weighted by Gasteiger charge is -2.30. The second-order valence-electron chi connectivity index (χ2n) is 7.02. The highest BCUT2D eigenvalue weighted by molar-refractivity contribution is 5.93. The molecule has 0 spiro atoms. The van der Waals surface area contributed by atoms with Gasteiger partial charge in [0.1, 0.15) is 5.75 Å². The summed E-state index contributed by atoms with van der Waals surface area (Å²) in [5.74, 6) is -0.900. The van der Waals surface area contributed by atoms with Crippen LogP contribution in [0.3, 0.4) is 0 Å². The number of likely N-dealkylation sites (tertiary alicyclic amines) is 1. The molecular weight excluding hydrogens is 348 g/mol. The molecule has 3 rings (SSSR count). The summed E-state index contributed by atoms with van der Waals surface area (Å²) in [7, 11) is 0. The number of nitrogens with zero attached hydrogens (tertiary/aromatic N) is 4. The Bertz CT molecular complexity index is 829. The lowest BCUT2D eigenvalue weighted by Crippen LogP contribution is -2.42. The van der Waals surface area contributed by atoms with Gasteiger partial charge in [-0.3, -0.25) is 9.59 Å². The highest BCUT2D eigenvalue weighted by atomic mass is 16.5. The molecule has 0 radical (unpaired) electrons. The van der Waals surface area contributed by atoms with Gasteiger partial charge in [-0.25, -0.2) is 4.68 Å². The molecule has 144 valence electrons. The number of hydrogen-bond donors (Lipinski definition) is 1. The van der Waals surface area contributed by atoms with E-state index in [1.165, 1.54) is 0 Å². The third kappa shape index (κ3) is 4.10. The topological polar surface area (TPSA) is 97.5 Å². The molecule has 2 aromatic rings. The molecule has 0 bridgehead atoms. The zero-order chi connectivity index (χ0) is 19.6. The summed E-state index contributed by atoms with van der Waals surface area (Å²) in [6.45, 7) is 6.45. The largest absolute Gasteiger partial charge is 0.491 e. The monoisotopic (exact) mass is 372 g/mol. The molecule has 1 fully saturated rings. The number of carboxylic acids is 1. The Balaban J connectivity index is 1.78. The van der Waals surface area contributed by atoms with E-state index in [9.17, 15) is 14.7 Å². The smallest absolute Gasteiger partial charge is 0.308 e. The van der Waals surface area contributed by atoms with Crippen LogP contribution in [0.15, 0.2) is 24.3 Å². The van der Waals surface area contributed by atoms with Gasteiger partial charge in [-0.2, -0.15) is 0 Å². The normalized spacial score (nSPS) is 17.2. The van der Waals surface area contributed by atoms with Crippen LogP contribution in [0.25, 0.3) is 5.69 Å². The molecule has 1 aromatic carbocycles. The van der Waals surface area contributed by atoms with Gasteiger partial charge in [-0.1, -0.05) is 5.21 Å². The third-order valence-electron chi connectivity index (χ3n) is 4.61. The minimum absolute atomic E-state index is 0.0901. The number of carboxylic acid groups (broad SMARTS) is 1. The minimum Gasteiger partial charge on any atom is -0.491 e. The van der Waals surface area contributed by atoms with Gasteiger partial charge in [-0.15, -0.1) is 5.10 Å². The Morgan fingerprint density at radius 2 is 1.96 bits per heavy atom. The SMILES string of the molecule is Cc1c(C(=O)N2CCC[C@H](C(=O)O)C2)nnn1-c1ccc(OC(C)C)cc1. The summed E-state index contributed by atoms with van der Waals surface area (Å²) >= 11 is 0. The number of aliphatic carboxylic acids is 1. The number of amides is 1. The van der Waals surface area contributed by atoms with Crippen molar-refractivity contribution in [2.45, 2.75) is 39.7 Å². The molecule has 1 aromatic heterocycles.